The Kier molecular flexibility index (Phi) is 3.60. The van der Waals surface area contributed by atoms with E-state index in [9.17, 15) is 9.18 Å². The highest BCUT2D eigenvalue weighted by Crippen LogP contribution is 2.33. The minimum Gasteiger partial charge on any atom is -0.488 e. The molecule has 1 heterocycles. The third-order valence-electron chi connectivity index (χ3n) is 4.65. The largest absolute Gasteiger partial charge is 0.488 e. The molecular formula is C20H17FO3. The summed E-state index contributed by atoms with van der Waals surface area (Å²) in [6, 6.07) is 10.1. The second-order valence-electron chi connectivity index (χ2n) is 6.18. The van der Waals surface area contributed by atoms with Crippen LogP contribution < -0.4 is 10.4 Å². The van der Waals surface area contributed by atoms with Gasteiger partial charge in [-0.1, -0.05) is 12.1 Å². The highest BCUT2D eigenvalue weighted by Gasteiger charge is 2.21. The zero-order chi connectivity index (χ0) is 16.7. The first-order chi connectivity index (χ1) is 11.6. The summed E-state index contributed by atoms with van der Waals surface area (Å²) >= 11 is 0. The highest BCUT2D eigenvalue weighted by atomic mass is 19.1. The lowest BCUT2D eigenvalue weighted by atomic mass is 10.0. The molecule has 0 spiro atoms. The molecule has 4 heteroatoms. The van der Waals surface area contributed by atoms with E-state index in [-0.39, 0.29) is 11.4 Å². The van der Waals surface area contributed by atoms with Crippen LogP contribution >= 0.6 is 0 Å². The minimum absolute atomic E-state index is 0.228. The molecule has 0 N–H and O–H groups in total. The van der Waals surface area contributed by atoms with Crippen LogP contribution in [0.2, 0.25) is 0 Å². The summed E-state index contributed by atoms with van der Waals surface area (Å²) in [6.45, 7) is 2.23. The number of ether oxygens (including phenoxy) is 1. The predicted molar refractivity (Wildman–Crippen MR) is 90.0 cm³/mol. The van der Waals surface area contributed by atoms with Crippen LogP contribution in [0.4, 0.5) is 4.39 Å². The minimum atomic E-state index is -0.267. The summed E-state index contributed by atoms with van der Waals surface area (Å²) in [7, 11) is 0. The molecule has 1 aromatic heterocycles. The molecule has 2 aromatic carbocycles. The fourth-order valence-electron chi connectivity index (χ4n) is 3.36. The molecule has 0 atom stereocenters. The van der Waals surface area contributed by atoms with Crippen molar-refractivity contribution in [2.75, 3.05) is 0 Å². The first-order valence-electron chi connectivity index (χ1n) is 8.09. The topological polar surface area (TPSA) is 39.4 Å². The summed E-state index contributed by atoms with van der Waals surface area (Å²) in [5.74, 6) is 0.407. The van der Waals surface area contributed by atoms with Crippen molar-refractivity contribution >= 4 is 11.0 Å². The van der Waals surface area contributed by atoms with Gasteiger partial charge in [-0.25, -0.2) is 9.18 Å². The third kappa shape index (κ3) is 2.48. The van der Waals surface area contributed by atoms with Crippen molar-refractivity contribution in [1.82, 2.24) is 0 Å². The molecule has 0 aliphatic heterocycles. The Morgan fingerprint density at radius 2 is 1.83 bits per heavy atom. The Labute approximate surface area is 138 Å². The van der Waals surface area contributed by atoms with Gasteiger partial charge in [0.25, 0.3) is 0 Å². The van der Waals surface area contributed by atoms with Crippen LogP contribution in [-0.4, -0.2) is 0 Å². The SMILES string of the molecule is Cc1c(OCc2ccc(F)cc2)ccc2c3c(c(=O)oc12)CCC3. The number of hydrogen-bond donors (Lipinski definition) is 0. The molecule has 0 unspecified atom stereocenters. The van der Waals surface area contributed by atoms with Gasteiger partial charge >= 0.3 is 5.63 Å². The Bertz CT molecular complexity index is 971. The molecule has 0 bridgehead atoms. The van der Waals surface area contributed by atoms with Crippen LogP contribution in [0, 0.1) is 12.7 Å². The van der Waals surface area contributed by atoms with Gasteiger partial charge < -0.3 is 9.15 Å². The molecular weight excluding hydrogens is 307 g/mol. The Morgan fingerprint density at radius 3 is 2.62 bits per heavy atom. The second kappa shape index (κ2) is 5.78. The molecule has 3 nitrogen and oxygen atoms in total. The standard InChI is InChI=1S/C20H17FO3/c1-12-18(23-11-13-5-7-14(21)8-6-13)10-9-16-15-3-2-4-17(15)20(22)24-19(12)16/h5-10H,2-4,11H2,1H3. The van der Waals surface area contributed by atoms with Crippen molar-refractivity contribution in [2.45, 2.75) is 32.8 Å². The zero-order valence-corrected chi connectivity index (χ0v) is 13.4. The van der Waals surface area contributed by atoms with Gasteiger partial charge in [-0.15, -0.1) is 0 Å². The number of hydrogen-bond acceptors (Lipinski definition) is 3. The van der Waals surface area contributed by atoms with Crippen LogP contribution in [0.1, 0.15) is 28.7 Å². The van der Waals surface area contributed by atoms with Gasteiger partial charge in [-0.05, 0) is 61.6 Å². The number of benzene rings is 2. The van der Waals surface area contributed by atoms with Gasteiger partial charge in [-0.3, -0.25) is 0 Å². The fourth-order valence-corrected chi connectivity index (χ4v) is 3.36. The van der Waals surface area contributed by atoms with E-state index in [1.165, 1.54) is 12.1 Å². The van der Waals surface area contributed by atoms with E-state index in [1.807, 2.05) is 19.1 Å². The molecule has 0 saturated heterocycles. The van der Waals surface area contributed by atoms with Crippen molar-refractivity contribution in [3.63, 3.8) is 0 Å². The van der Waals surface area contributed by atoms with Gasteiger partial charge in [0.1, 0.15) is 23.8 Å². The van der Waals surface area contributed by atoms with E-state index < -0.39 is 0 Å². The molecule has 4 rings (SSSR count). The molecule has 1 aliphatic rings. The normalized spacial score (nSPS) is 13.2. The summed E-state index contributed by atoms with van der Waals surface area (Å²) in [6.07, 6.45) is 2.73. The van der Waals surface area contributed by atoms with Gasteiger partial charge in [0.05, 0.1) is 0 Å². The second-order valence-corrected chi connectivity index (χ2v) is 6.18. The highest BCUT2D eigenvalue weighted by molar-refractivity contribution is 5.86. The lowest BCUT2D eigenvalue weighted by Crippen LogP contribution is -2.08. The van der Waals surface area contributed by atoms with E-state index in [1.54, 1.807) is 12.1 Å². The maximum absolute atomic E-state index is 13.0. The fraction of sp³-hybridized carbons (Fsp3) is 0.250. The maximum Gasteiger partial charge on any atom is 0.339 e. The van der Waals surface area contributed by atoms with Gasteiger partial charge in [0.15, 0.2) is 0 Å². The predicted octanol–water partition coefficient (Wildman–Crippen LogP) is 4.31. The number of halogens is 1. The summed E-state index contributed by atoms with van der Waals surface area (Å²) in [4.78, 5) is 12.2. The Hall–Kier alpha value is -2.62. The van der Waals surface area contributed by atoms with E-state index in [0.717, 1.165) is 46.9 Å². The first-order valence-corrected chi connectivity index (χ1v) is 8.09. The van der Waals surface area contributed by atoms with Crippen molar-refractivity contribution in [3.8, 4) is 5.75 Å². The Balaban J connectivity index is 1.70. The smallest absolute Gasteiger partial charge is 0.339 e. The van der Waals surface area contributed by atoms with Crippen LogP contribution in [0.3, 0.4) is 0 Å². The van der Waals surface area contributed by atoms with Crippen LogP contribution in [-0.2, 0) is 19.4 Å². The lowest BCUT2D eigenvalue weighted by Gasteiger charge is -2.12. The summed E-state index contributed by atoms with van der Waals surface area (Å²) in [5, 5.41) is 1.01. The molecule has 122 valence electrons. The molecule has 1 aliphatic carbocycles. The molecule has 0 saturated carbocycles. The molecule has 0 amide bonds. The van der Waals surface area contributed by atoms with Crippen LogP contribution in [0.25, 0.3) is 11.0 Å². The van der Waals surface area contributed by atoms with Gasteiger partial charge in [0.2, 0.25) is 0 Å². The van der Waals surface area contributed by atoms with Gasteiger partial charge in [0, 0.05) is 16.5 Å². The van der Waals surface area contributed by atoms with Crippen LogP contribution in [0.15, 0.2) is 45.6 Å². The van der Waals surface area contributed by atoms with Crippen LogP contribution in [0.5, 0.6) is 5.75 Å². The Morgan fingerprint density at radius 1 is 1.08 bits per heavy atom. The molecule has 0 fully saturated rings. The molecule has 0 radical (unpaired) electrons. The van der Waals surface area contributed by atoms with Crippen molar-refractivity contribution in [1.29, 1.82) is 0 Å². The average molecular weight is 324 g/mol. The number of rotatable bonds is 3. The third-order valence-corrected chi connectivity index (χ3v) is 4.65. The summed E-state index contributed by atoms with van der Waals surface area (Å²) < 4.78 is 24.4. The maximum atomic E-state index is 13.0. The molecule has 24 heavy (non-hydrogen) atoms. The van der Waals surface area contributed by atoms with E-state index in [4.69, 9.17) is 9.15 Å². The van der Waals surface area contributed by atoms with E-state index >= 15 is 0 Å². The lowest BCUT2D eigenvalue weighted by molar-refractivity contribution is 0.304. The number of aryl methyl sites for hydroxylation is 2. The summed E-state index contributed by atoms with van der Waals surface area (Å²) in [5.41, 5.74) is 4.02. The zero-order valence-electron chi connectivity index (χ0n) is 13.4. The monoisotopic (exact) mass is 324 g/mol. The average Bonchev–Trinajstić information content (AvgIpc) is 3.07. The number of fused-ring (bicyclic) bond motifs is 3. The molecule has 3 aromatic rings. The van der Waals surface area contributed by atoms with E-state index in [0.29, 0.717) is 17.9 Å². The van der Waals surface area contributed by atoms with Gasteiger partial charge in [-0.2, -0.15) is 0 Å². The quantitative estimate of drug-likeness (QED) is 0.674. The van der Waals surface area contributed by atoms with E-state index in [2.05, 4.69) is 0 Å². The van der Waals surface area contributed by atoms with Crippen molar-refractivity contribution in [2.24, 2.45) is 0 Å². The van der Waals surface area contributed by atoms with Crippen molar-refractivity contribution in [3.05, 3.63) is 74.9 Å². The first kappa shape index (κ1) is 14.9. The van der Waals surface area contributed by atoms with Crippen molar-refractivity contribution < 1.29 is 13.5 Å².